The molecule has 0 amide bonds. The summed E-state index contributed by atoms with van der Waals surface area (Å²) in [6.07, 6.45) is 0. The van der Waals surface area contributed by atoms with Gasteiger partial charge in [-0.2, -0.15) is 0 Å². The molecule has 0 bridgehead atoms. The maximum absolute atomic E-state index is 11.2. The summed E-state index contributed by atoms with van der Waals surface area (Å²) in [5, 5.41) is 9.18. The van der Waals surface area contributed by atoms with Gasteiger partial charge in [-0.3, -0.25) is 9.69 Å². The summed E-state index contributed by atoms with van der Waals surface area (Å²) in [6.45, 7) is 1.64. The fourth-order valence-corrected chi connectivity index (χ4v) is 2.66. The molecule has 20 heavy (non-hydrogen) atoms. The summed E-state index contributed by atoms with van der Waals surface area (Å²) in [6, 6.07) is 5.68. The highest BCUT2D eigenvalue weighted by molar-refractivity contribution is 5.71. The SMILES string of the molecule is CN(Cc1ccc2c(c1)OCO2)C1COCC1C(=O)O. The van der Waals surface area contributed by atoms with Gasteiger partial charge in [0.2, 0.25) is 6.79 Å². The van der Waals surface area contributed by atoms with E-state index in [2.05, 4.69) is 0 Å². The second kappa shape index (κ2) is 5.30. The molecule has 3 rings (SSSR count). The lowest BCUT2D eigenvalue weighted by molar-refractivity contribution is -0.143. The van der Waals surface area contributed by atoms with Gasteiger partial charge in [0.15, 0.2) is 11.5 Å². The Balaban J connectivity index is 1.69. The van der Waals surface area contributed by atoms with E-state index >= 15 is 0 Å². The highest BCUT2D eigenvalue weighted by Gasteiger charge is 2.36. The second-order valence-corrected chi connectivity index (χ2v) is 5.15. The average molecular weight is 279 g/mol. The average Bonchev–Trinajstić information content (AvgIpc) is 3.06. The highest BCUT2D eigenvalue weighted by atomic mass is 16.7. The van der Waals surface area contributed by atoms with Gasteiger partial charge in [-0.25, -0.2) is 0 Å². The van der Waals surface area contributed by atoms with Crippen LogP contribution in [0.3, 0.4) is 0 Å². The summed E-state index contributed by atoms with van der Waals surface area (Å²) in [7, 11) is 1.92. The molecule has 108 valence electrons. The molecule has 2 heterocycles. The predicted molar refractivity (Wildman–Crippen MR) is 69.8 cm³/mol. The van der Waals surface area contributed by atoms with Crippen LogP contribution in [0.25, 0.3) is 0 Å². The maximum atomic E-state index is 11.2. The van der Waals surface area contributed by atoms with Crippen molar-refractivity contribution in [3.8, 4) is 11.5 Å². The van der Waals surface area contributed by atoms with Crippen LogP contribution in [0.15, 0.2) is 18.2 Å². The highest BCUT2D eigenvalue weighted by Crippen LogP contribution is 2.33. The van der Waals surface area contributed by atoms with Crippen molar-refractivity contribution in [1.29, 1.82) is 0 Å². The Bertz CT molecular complexity index is 518. The zero-order valence-corrected chi connectivity index (χ0v) is 11.2. The zero-order valence-electron chi connectivity index (χ0n) is 11.2. The van der Waals surface area contributed by atoms with E-state index in [1.54, 1.807) is 0 Å². The Morgan fingerprint density at radius 2 is 2.15 bits per heavy atom. The summed E-state index contributed by atoms with van der Waals surface area (Å²) in [5.74, 6) is 0.233. The van der Waals surface area contributed by atoms with Gasteiger partial charge in [0.1, 0.15) is 0 Å². The van der Waals surface area contributed by atoms with Gasteiger partial charge in [0, 0.05) is 12.6 Å². The standard InChI is InChI=1S/C14H17NO5/c1-15(11-7-18-6-10(11)14(16)17)5-9-2-3-12-13(4-9)20-8-19-12/h2-4,10-11H,5-8H2,1H3,(H,16,17). The number of fused-ring (bicyclic) bond motifs is 1. The lowest BCUT2D eigenvalue weighted by atomic mass is 10.0. The first kappa shape index (κ1) is 13.2. The normalized spacial score (nSPS) is 24.3. The maximum Gasteiger partial charge on any atom is 0.310 e. The van der Waals surface area contributed by atoms with E-state index in [4.69, 9.17) is 14.2 Å². The van der Waals surface area contributed by atoms with Crippen molar-refractivity contribution in [1.82, 2.24) is 4.90 Å². The molecule has 1 fully saturated rings. The van der Waals surface area contributed by atoms with Crippen molar-refractivity contribution in [3.05, 3.63) is 23.8 Å². The number of nitrogens with zero attached hydrogens (tertiary/aromatic N) is 1. The molecule has 0 aromatic heterocycles. The molecule has 1 aromatic carbocycles. The van der Waals surface area contributed by atoms with Crippen LogP contribution in [0.4, 0.5) is 0 Å². The van der Waals surface area contributed by atoms with Gasteiger partial charge in [-0.15, -0.1) is 0 Å². The van der Waals surface area contributed by atoms with Crippen LogP contribution in [0.5, 0.6) is 11.5 Å². The molecule has 0 radical (unpaired) electrons. The molecule has 0 spiro atoms. The first-order valence-electron chi connectivity index (χ1n) is 6.54. The van der Waals surface area contributed by atoms with Gasteiger partial charge in [-0.05, 0) is 24.7 Å². The molecule has 2 aliphatic rings. The summed E-state index contributed by atoms with van der Waals surface area (Å²) in [4.78, 5) is 13.2. The third kappa shape index (κ3) is 2.44. The van der Waals surface area contributed by atoms with Crippen molar-refractivity contribution in [2.45, 2.75) is 12.6 Å². The number of rotatable bonds is 4. The predicted octanol–water partition coefficient (Wildman–Crippen LogP) is 0.947. The van der Waals surface area contributed by atoms with Crippen LogP contribution >= 0.6 is 0 Å². The number of aliphatic carboxylic acids is 1. The number of hydrogen-bond acceptors (Lipinski definition) is 5. The van der Waals surface area contributed by atoms with Gasteiger partial charge in [0.05, 0.1) is 19.1 Å². The minimum atomic E-state index is -0.801. The Morgan fingerprint density at radius 3 is 2.95 bits per heavy atom. The minimum Gasteiger partial charge on any atom is -0.481 e. The number of benzene rings is 1. The van der Waals surface area contributed by atoms with Crippen molar-refractivity contribution < 1.29 is 24.1 Å². The number of carboxylic acid groups (broad SMARTS) is 1. The van der Waals surface area contributed by atoms with E-state index in [1.165, 1.54) is 0 Å². The molecular weight excluding hydrogens is 262 g/mol. The molecule has 1 N–H and O–H groups in total. The van der Waals surface area contributed by atoms with Gasteiger partial charge >= 0.3 is 5.97 Å². The van der Waals surface area contributed by atoms with Crippen molar-refractivity contribution in [2.75, 3.05) is 27.1 Å². The topological polar surface area (TPSA) is 68.2 Å². The van der Waals surface area contributed by atoms with E-state index in [0.29, 0.717) is 13.2 Å². The van der Waals surface area contributed by atoms with Gasteiger partial charge in [-0.1, -0.05) is 6.07 Å². The number of carbonyl (C=O) groups is 1. The Labute approximate surface area is 116 Å². The van der Waals surface area contributed by atoms with Gasteiger partial charge < -0.3 is 19.3 Å². The Morgan fingerprint density at radius 1 is 1.35 bits per heavy atom. The molecule has 2 aliphatic heterocycles. The largest absolute Gasteiger partial charge is 0.481 e. The van der Waals surface area contributed by atoms with Gasteiger partial charge in [0.25, 0.3) is 0 Å². The smallest absolute Gasteiger partial charge is 0.310 e. The summed E-state index contributed by atoms with van der Waals surface area (Å²) >= 11 is 0. The number of ether oxygens (including phenoxy) is 3. The van der Waals surface area contributed by atoms with Crippen LogP contribution in [-0.4, -0.2) is 49.1 Å². The van der Waals surface area contributed by atoms with Crippen molar-refractivity contribution in [3.63, 3.8) is 0 Å². The van der Waals surface area contributed by atoms with Crippen LogP contribution < -0.4 is 9.47 Å². The van der Waals surface area contributed by atoms with E-state index in [9.17, 15) is 9.90 Å². The third-order valence-electron chi connectivity index (χ3n) is 3.80. The molecule has 2 atom stereocenters. The fraction of sp³-hybridized carbons (Fsp3) is 0.500. The van der Waals surface area contributed by atoms with E-state index < -0.39 is 11.9 Å². The molecule has 2 unspecified atom stereocenters. The Kier molecular flexibility index (Phi) is 3.50. The molecule has 6 nitrogen and oxygen atoms in total. The van der Waals surface area contributed by atoms with Crippen LogP contribution in [-0.2, 0) is 16.1 Å². The minimum absolute atomic E-state index is 0.0991. The second-order valence-electron chi connectivity index (χ2n) is 5.15. The summed E-state index contributed by atoms with van der Waals surface area (Å²) in [5.41, 5.74) is 1.06. The first-order chi connectivity index (χ1) is 9.65. The summed E-state index contributed by atoms with van der Waals surface area (Å²) < 4.78 is 15.9. The van der Waals surface area contributed by atoms with E-state index in [-0.39, 0.29) is 19.4 Å². The fourth-order valence-electron chi connectivity index (χ4n) is 2.66. The monoisotopic (exact) mass is 279 g/mol. The van der Waals surface area contributed by atoms with Crippen molar-refractivity contribution in [2.24, 2.45) is 5.92 Å². The number of hydrogen-bond donors (Lipinski definition) is 1. The molecular formula is C14H17NO5. The molecule has 6 heteroatoms. The van der Waals surface area contributed by atoms with E-state index in [1.807, 2.05) is 30.1 Å². The molecule has 1 aromatic rings. The quantitative estimate of drug-likeness (QED) is 0.885. The van der Waals surface area contributed by atoms with E-state index in [0.717, 1.165) is 17.1 Å². The molecule has 0 saturated carbocycles. The third-order valence-corrected chi connectivity index (χ3v) is 3.80. The molecule has 0 aliphatic carbocycles. The van der Waals surface area contributed by atoms with Crippen LogP contribution in [0.2, 0.25) is 0 Å². The Hall–Kier alpha value is -1.79. The van der Waals surface area contributed by atoms with Crippen molar-refractivity contribution >= 4 is 5.97 Å². The number of likely N-dealkylation sites (N-methyl/N-ethyl adjacent to an activating group) is 1. The molecule has 1 saturated heterocycles. The van der Waals surface area contributed by atoms with Crippen LogP contribution in [0.1, 0.15) is 5.56 Å². The van der Waals surface area contributed by atoms with Crippen LogP contribution in [0, 0.1) is 5.92 Å². The first-order valence-corrected chi connectivity index (χ1v) is 6.54. The lowest BCUT2D eigenvalue weighted by Gasteiger charge is -2.26. The number of carboxylic acids is 1. The lowest BCUT2D eigenvalue weighted by Crippen LogP contribution is -2.40. The zero-order chi connectivity index (χ0) is 14.1.